The van der Waals surface area contributed by atoms with Gasteiger partial charge in [0.2, 0.25) is 0 Å². The normalized spacial score (nSPS) is 14.9. The van der Waals surface area contributed by atoms with E-state index < -0.39 is 11.7 Å². The van der Waals surface area contributed by atoms with Crippen LogP contribution in [0.25, 0.3) is 0 Å². The standard InChI is InChI=1S/C15H10Cl3N3O3/c16-10-12(11(17)14(18)19-13(10)15(22)23)21-20-8-5-6-24-9-4-2-1-3-7(8)9/h1-4H,5-6H2,(H,19,21)(H,22,23). The second-order valence-corrected chi connectivity index (χ2v) is 5.94. The monoisotopic (exact) mass is 385 g/mol. The molecule has 124 valence electrons. The zero-order valence-corrected chi connectivity index (χ0v) is 14.3. The number of aromatic nitrogens is 1. The zero-order chi connectivity index (χ0) is 17.3. The highest BCUT2D eigenvalue weighted by Crippen LogP contribution is 2.37. The molecule has 0 aliphatic carbocycles. The number of halogens is 3. The maximum Gasteiger partial charge on any atom is 0.356 e. The van der Waals surface area contributed by atoms with Gasteiger partial charge < -0.3 is 9.84 Å². The number of ether oxygens (including phenoxy) is 1. The summed E-state index contributed by atoms with van der Waals surface area (Å²) in [5, 5.41) is 13.1. The molecule has 0 amide bonds. The van der Waals surface area contributed by atoms with Gasteiger partial charge in [-0.3, -0.25) is 5.43 Å². The van der Waals surface area contributed by atoms with Gasteiger partial charge in [0.05, 0.1) is 18.0 Å². The van der Waals surface area contributed by atoms with Crippen molar-refractivity contribution in [3.8, 4) is 5.75 Å². The molecule has 0 spiro atoms. The van der Waals surface area contributed by atoms with Crippen LogP contribution in [-0.2, 0) is 0 Å². The topological polar surface area (TPSA) is 83.8 Å². The van der Waals surface area contributed by atoms with Crippen LogP contribution >= 0.6 is 34.8 Å². The average molecular weight is 387 g/mol. The summed E-state index contributed by atoms with van der Waals surface area (Å²) in [4.78, 5) is 14.8. The van der Waals surface area contributed by atoms with Crippen molar-refractivity contribution in [1.82, 2.24) is 4.98 Å². The summed E-state index contributed by atoms with van der Waals surface area (Å²) in [7, 11) is 0. The molecule has 9 heteroatoms. The van der Waals surface area contributed by atoms with E-state index in [4.69, 9.17) is 44.6 Å². The summed E-state index contributed by atoms with van der Waals surface area (Å²) in [6, 6.07) is 7.45. The van der Waals surface area contributed by atoms with Crippen molar-refractivity contribution >= 4 is 52.2 Å². The van der Waals surface area contributed by atoms with Crippen molar-refractivity contribution in [2.45, 2.75) is 6.42 Å². The number of carboxylic acid groups (broad SMARTS) is 1. The molecule has 3 rings (SSSR count). The Morgan fingerprint density at radius 3 is 2.75 bits per heavy atom. The Balaban J connectivity index is 2.00. The minimum absolute atomic E-state index is 0.00337. The molecule has 1 aliphatic rings. The molecule has 1 aliphatic heterocycles. The highest BCUT2D eigenvalue weighted by atomic mass is 35.5. The minimum atomic E-state index is -1.31. The predicted octanol–water partition coefficient (Wildman–Crippen LogP) is 4.34. The van der Waals surface area contributed by atoms with E-state index in [1.54, 1.807) is 0 Å². The van der Waals surface area contributed by atoms with Gasteiger partial charge in [0, 0.05) is 12.0 Å². The number of carboxylic acids is 1. The smallest absolute Gasteiger partial charge is 0.356 e. The Bertz CT molecular complexity index is 855. The van der Waals surface area contributed by atoms with E-state index in [1.165, 1.54) is 0 Å². The molecule has 2 aromatic rings. The highest BCUT2D eigenvalue weighted by molar-refractivity contribution is 6.46. The van der Waals surface area contributed by atoms with Gasteiger partial charge in [0.15, 0.2) is 10.8 Å². The molecule has 2 heterocycles. The summed E-state index contributed by atoms with van der Waals surface area (Å²) < 4.78 is 5.55. The van der Waals surface area contributed by atoms with Gasteiger partial charge in [-0.2, -0.15) is 5.10 Å². The van der Waals surface area contributed by atoms with Crippen LogP contribution in [0, 0.1) is 0 Å². The molecular weight excluding hydrogens is 377 g/mol. The van der Waals surface area contributed by atoms with E-state index >= 15 is 0 Å². The Morgan fingerprint density at radius 2 is 2.00 bits per heavy atom. The van der Waals surface area contributed by atoms with Gasteiger partial charge in [0.25, 0.3) is 0 Å². The fourth-order valence-corrected chi connectivity index (χ4v) is 2.88. The van der Waals surface area contributed by atoms with E-state index in [-0.39, 0.29) is 20.9 Å². The molecule has 6 nitrogen and oxygen atoms in total. The SMILES string of the molecule is O=C(O)c1nc(Cl)c(Cl)c(NN=C2CCOc3ccccc32)c1Cl. The summed E-state index contributed by atoms with van der Waals surface area (Å²) >= 11 is 18.0. The van der Waals surface area contributed by atoms with Crippen LogP contribution in [-0.4, -0.2) is 28.4 Å². The van der Waals surface area contributed by atoms with Gasteiger partial charge in [0.1, 0.15) is 15.8 Å². The first-order valence-corrected chi connectivity index (χ1v) is 7.95. The molecule has 1 aromatic heterocycles. The minimum Gasteiger partial charge on any atom is -0.492 e. The number of carbonyl (C=O) groups is 1. The third-order valence-electron chi connectivity index (χ3n) is 3.34. The van der Waals surface area contributed by atoms with Crippen molar-refractivity contribution in [2.24, 2.45) is 5.10 Å². The van der Waals surface area contributed by atoms with Crippen LogP contribution in [0.3, 0.4) is 0 Å². The van der Waals surface area contributed by atoms with Crippen LogP contribution < -0.4 is 10.2 Å². The largest absolute Gasteiger partial charge is 0.492 e. The van der Waals surface area contributed by atoms with Gasteiger partial charge in [-0.15, -0.1) is 0 Å². The molecule has 0 saturated carbocycles. The van der Waals surface area contributed by atoms with E-state index in [1.807, 2.05) is 24.3 Å². The molecular formula is C15H10Cl3N3O3. The lowest BCUT2D eigenvalue weighted by atomic mass is 10.0. The van der Waals surface area contributed by atoms with Crippen molar-refractivity contribution in [2.75, 3.05) is 12.0 Å². The van der Waals surface area contributed by atoms with Crippen molar-refractivity contribution < 1.29 is 14.6 Å². The maximum atomic E-state index is 11.2. The Labute approximate surface area is 152 Å². The number of nitrogens with zero attached hydrogens (tertiary/aromatic N) is 2. The molecule has 1 aromatic carbocycles. The number of hydrazone groups is 1. The summed E-state index contributed by atoms with van der Waals surface area (Å²) in [5.41, 5.74) is 3.96. The maximum absolute atomic E-state index is 11.2. The van der Waals surface area contributed by atoms with E-state index in [2.05, 4.69) is 15.5 Å². The van der Waals surface area contributed by atoms with Crippen LogP contribution in [0.4, 0.5) is 5.69 Å². The zero-order valence-electron chi connectivity index (χ0n) is 12.0. The first kappa shape index (κ1) is 16.8. The predicted molar refractivity (Wildman–Crippen MR) is 92.9 cm³/mol. The third kappa shape index (κ3) is 3.13. The number of rotatable bonds is 3. The molecule has 2 N–H and O–H groups in total. The third-order valence-corrected chi connectivity index (χ3v) is 4.44. The van der Waals surface area contributed by atoms with Gasteiger partial charge in [-0.25, -0.2) is 9.78 Å². The van der Waals surface area contributed by atoms with Crippen molar-refractivity contribution in [3.63, 3.8) is 0 Å². The summed E-state index contributed by atoms with van der Waals surface area (Å²) in [5.74, 6) is -0.592. The number of fused-ring (bicyclic) bond motifs is 1. The molecule has 0 unspecified atom stereocenters. The first-order valence-electron chi connectivity index (χ1n) is 6.81. The summed E-state index contributed by atoms with van der Waals surface area (Å²) in [6.07, 6.45) is 0.573. The van der Waals surface area contributed by atoms with Crippen molar-refractivity contribution in [1.29, 1.82) is 0 Å². The lowest BCUT2D eigenvalue weighted by Gasteiger charge is -2.19. The molecule has 24 heavy (non-hydrogen) atoms. The average Bonchev–Trinajstić information content (AvgIpc) is 2.58. The Morgan fingerprint density at radius 1 is 1.25 bits per heavy atom. The van der Waals surface area contributed by atoms with Gasteiger partial charge in [-0.05, 0) is 12.1 Å². The van der Waals surface area contributed by atoms with Crippen LogP contribution in [0.2, 0.25) is 15.2 Å². The molecule has 0 fully saturated rings. The van der Waals surface area contributed by atoms with E-state index in [9.17, 15) is 4.79 Å². The first-order chi connectivity index (χ1) is 11.5. The Hall–Kier alpha value is -2.02. The summed E-state index contributed by atoms with van der Waals surface area (Å²) in [6.45, 7) is 0.483. The number of nitrogens with one attached hydrogen (secondary N) is 1. The fraction of sp³-hybridized carbons (Fsp3) is 0.133. The van der Waals surface area contributed by atoms with Crippen LogP contribution in [0.1, 0.15) is 22.5 Å². The second kappa shape index (κ2) is 6.84. The van der Waals surface area contributed by atoms with Crippen LogP contribution in [0.15, 0.2) is 29.4 Å². The van der Waals surface area contributed by atoms with Crippen molar-refractivity contribution in [3.05, 3.63) is 50.7 Å². The number of aromatic carboxylic acids is 1. The number of hydrogen-bond donors (Lipinski definition) is 2. The van der Waals surface area contributed by atoms with Gasteiger partial charge in [-0.1, -0.05) is 46.9 Å². The number of hydrogen-bond acceptors (Lipinski definition) is 5. The second-order valence-electron chi connectivity index (χ2n) is 4.82. The number of pyridine rings is 1. The lowest BCUT2D eigenvalue weighted by molar-refractivity contribution is 0.0691. The number of benzene rings is 1. The van der Waals surface area contributed by atoms with Crippen LogP contribution in [0.5, 0.6) is 5.75 Å². The molecule has 0 atom stereocenters. The number of anilines is 1. The molecule has 0 saturated heterocycles. The quantitative estimate of drug-likeness (QED) is 0.605. The van der Waals surface area contributed by atoms with Gasteiger partial charge >= 0.3 is 5.97 Å². The number of para-hydroxylation sites is 1. The van der Waals surface area contributed by atoms with E-state index in [0.29, 0.717) is 13.0 Å². The highest BCUT2D eigenvalue weighted by Gasteiger charge is 2.22. The fourth-order valence-electron chi connectivity index (χ4n) is 2.22. The molecule has 0 radical (unpaired) electrons. The molecule has 0 bridgehead atoms. The Kier molecular flexibility index (Phi) is 4.80. The van der Waals surface area contributed by atoms with E-state index in [0.717, 1.165) is 17.0 Å². The lowest BCUT2D eigenvalue weighted by Crippen LogP contribution is -2.17.